The van der Waals surface area contributed by atoms with Gasteiger partial charge in [-0.15, -0.1) is 0 Å². The van der Waals surface area contributed by atoms with Gasteiger partial charge in [-0.1, -0.05) is 13.8 Å². The van der Waals surface area contributed by atoms with Crippen molar-refractivity contribution in [3.63, 3.8) is 0 Å². The van der Waals surface area contributed by atoms with E-state index in [1.165, 1.54) is 32.0 Å². The van der Waals surface area contributed by atoms with E-state index in [0.29, 0.717) is 17.7 Å². The molecule has 9 heteroatoms. The zero-order valence-electron chi connectivity index (χ0n) is 17.9. The molecule has 2 amide bonds. The van der Waals surface area contributed by atoms with Crippen LogP contribution in [0.3, 0.4) is 0 Å². The van der Waals surface area contributed by atoms with E-state index in [4.69, 9.17) is 0 Å². The molecule has 0 aliphatic carbocycles. The number of hydrogen-bond acceptors (Lipinski definition) is 6. The molecule has 31 heavy (non-hydrogen) atoms. The Morgan fingerprint density at radius 2 is 1.29 bits per heavy atom. The van der Waals surface area contributed by atoms with Crippen LogP contribution in [0, 0.1) is 10.1 Å². The first-order valence-corrected chi connectivity index (χ1v) is 9.59. The number of nitrogens with one attached hydrogen (secondary N) is 2. The topological polar surface area (TPSA) is 135 Å². The predicted octanol–water partition coefficient (Wildman–Crippen LogP) is 4.38. The highest BCUT2D eigenvalue weighted by molar-refractivity contribution is 5.99. The van der Waals surface area contributed by atoms with E-state index in [-0.39, 0.29) is 40.8 Å². The predicted molar refractivity (Wildman–Crippen MR) is 117 cm³/mol. The molecule has 2 rings (SSSR count). The second-order valence-corrected chi connectivity index (χ2v) is 6.48. The van der Waals surface area contributed by atoms with Crippen LogP contribution >= 0.6 is 0 Å². The van der Waals surface area contributed by atoms with Crippen molar-refractivity contribution in [3.8, 4) is 0 Å². The summed E-state index contributed by atoms with van der Waals surface area (Å²) in [6, 6.07) is 10.9. The summed E-state index contributed by atoms with van der Waals surface area (Å²) in [6.07, 6.45) is 0.774. The van der Waals surface area contributed by atoms with Crippen molar-refractivity contribution < 1.29 is 24.1 Å². The zero-order chi connectivity index (χ0) is 23.6. The van der Waals surface area contributed by atoms with Crippen LogP contribution in [-0.2, 0) is 9.59 Å². The highest BCUT2D eigenvalue weighted by Gasteiger charge is 2.17. The van der Waals surface area contributed by atoms with Gasteiger partial charge in [-0.05, 0) is 36.4 Å². The summed E-state index contributed by atoms with van der Waals surface area (Å²) in [5, 5.41) is 15.8. The van der Waals surface area contributed by atoms with Crippen molar-refractivity contribution in [1.29, 1.82) is 0 Å². The number of nitro groups is 1. The largest absolute Gasteiger partial charge is 0.326 e. The fraction of sp³-hybridized carbons (Fsp3) is 0.273. The molecule has 0 aromatic heterocycles. The summed E-state index contributed by atoms with van der Waals surface area (Å²) in [5.74, 6) is -0.580. The summed E-state index contributed by atoms with van der Waals surface area (Å²) < 4.78 is 0. The van der Waals surface area contributed by atoms with Crippen molar-refractivity contribution in [2.24, 2.45) is 0 Å². The van der Waals surface area contributed by atoms with Crippen molar-refractivity contribution in [3.05, 3.63) is 63.7 Å². The Bertz CT molecular complexity index is 983. The number of hydrogen-bond donors (Lipinski definition) is 2. The third-order valence-corrected chi connectivity index (χ3v) is 4.00. The molecule has 0 heterocycles. The number of benzene rings is 2. The molecule has 9 nitrogen and oxygen atoms in total. The van der Waals surface area contributed by atoms with Crippen LogP contribution in [0.4, 0.5) is 17.1 Å². The average Bonchev–Trinajstić information content (AvgIpc) is 2.73. The summed E-state index contributed by atoms with van der Waals surface area (Å²) in [7, 11) is 0. The molecule has 2 N–H and O–H groups in total. The quantitative estimate of drug-likeness (QED) is 0.382. The molecule has 0 unspecified atom stereocenters. The number of anilines is 2. The first-order chi connectivity index (χ1) is 14.6. The van der Waals surface area contributed by atoms with Crippen LogP contribution in [0.25, 0.3) is 0 Å². The molecule has 0 spiro atoms. The molecule has 0 fully saturated rings. The Hall–Kier alpha value is -3.88. The third kappa shape index (κ3) is 8.17. The lowest BCUT2D eigenvalue weighted by molar-refractivity contribution is -0.384. The van der Waals surface area contributed by atoms with E-state index in [1.54, 1.807) is 31.2 Å². The van der Waals surface area contributed by atoms with Gasteiger partial charge in [0.05, 0.1) is 4.92 Å². The molecular weight excluding hydrogens is 402 g/mol. The molecule has 0 aliphatic rings. The monoisotopic (exact) mass is 427 g/mol. The molecule has 164 valence electrons. The normalized spacial score (nSPS) is 9.68. The molecular formula is C22H25N3O6. The smallest absolute Gasteiger partial charge is 0.293 e. The van der Waals surface area contributed by atoms with E-state index in [2.05, 4.69) is 10.6 Å². The van der Waals surface area contributed by atoms with Gasteiger partial charge in [0.2, 0.25) is 11.8 Å². The lowest BCUT2D eigenvalue weighted by Gasteiger charge is -2.05. The highest BCUT2D eigenvalue weighted by Crippen LogP contribution is 2.26. The summed E-state index contributed by atoms with van der Waals surface area (Å²) in [4.78, 5) is 54.4. The van der Waals surface area contributed by atoms with Gasteiger partial charge in [-0.2, -0.15) is 0 Å². The fourth-order valence-electron chi connectivity index (χ4n) is 2.50. The number of nitrogens with zero attached hydrogens (tertiary/aromatic N) is 1. The van der Waals surface area contributed by atoms with Crippen LogP contribution in [0.5, 0.6) is 0 Å². The van der Waals surface area contributed by atoms with E-state index >= 15 is 0 Å². The van der Waals surface area contributed by atoms with Gasteiger partial charge in [0, 0.05) is 49.6 Å². The minimum atomic E-state index is -0.627. The van der Waals surface area contributed by atoms with Crippen LogP contribution in [0.2, 0.25) is 0 Å². The number of amides is 2. The minimum absolute atomic E-state index is 0.0927. The van der Waals surface area contributed by atoms with Gasteiger partial charge in [0.1, 0.15) is 5.69 Å². The van der Waals surface area contributed by atoms with E-state index in [9.17, 15) is 29.3 Å². The third-order valence-electron chi connectivity index (χ3n) is 4.00. The fourth-order valence-corrected chi connectivity index (χ4v) is 2.50. The maximum atomic E-state index is 11.4. The Morgan fingerprint density at radius 1 is 0.806 bits per heavy atom. The molecule has 0 saturated carbocycles. The first-order valence-electron chi connectivity index (χ1n) is 9.59. The number of Topliss-reactive ketones (excluding diaryl/α,β-unsaturated/α-hetero) is 2. The Kier molecular flexibility index (Phi) is 9.71. The van der Waals surface area contributed by atoms with E-state index in [0.717, 1.165) is 0 Å². The number of carbonyl (C=O) groups excluding carboxylic acids is 4. The van der Waals surface area contributed by atoms with Crippen LogP contribution in [0.1, 0.15) is 61.3 Å². The van der Waals surface area contributed by atoms with Crippen LogP contribution in [0.15, 0.2) is 42.5 Å². The number of nitro benzene ring substituents is 1. The Morgan fingerprint density at radius 3 is 1.74 bits per heavy atom. The van der Waals surface area contributed by atoms with E-state index < -0.39 is 10.8 Å². The Labute approximate surface area is 180 Å². The SMILES string of the molecule is CCC(=O)c1ccc(NC(C)=O)c([N+](=O)[O-])c1.CCC(=O)c1ccc(NC(C)=O)cc1. The molecule has 0 bridgehead atoms. The summed E-state index contributed by atoms with van der Waals surface area (Å²) >= 11 is 0. The second-order valence-electron chi connectivity index (χ2n) is 6.48. The van der Waals surface area contributed by atoms with Crippen molar-refractivity contribution in [1.82, 2.24) is 0 Å². The van der Waals surface area contributed by atoms with Gasteiger partial charge < -0.3 is 10.6 Å². The van der Waals surface area contributed by atoms with E-state index in [1.807, 2.05) is 6.92 Å². The molecule has 2 aromatic carbocycles. The van der Waals surface area contributed by atoms with Gasteiger partial charge in [-0.3, -0.25) is 29.3 Å². The molecule has 2 aromatic rings. The minimum Gasteiger partial charge on any atom is -0.326 e. The standard InChI is InChI=1S/C11H12N2O4.C11H13NO2/c1-3-11(15)8-4-5-9(12-7(2)14)10(6-8)13(16)17;1-3-11(14)9-4-6-10(7-5-9)12-8(2)13/h4-6H,3H2,1-2H3,(H,12,14);4-7H,3H2,1-2H3,(H,12,13). The van der Waals surface area contributed by atoms with Gasteiger partial charge in [-0.25, -0.2) is 0 Å². The lowest BCUT2D eigenvalue weighted by atomic mass is 10.1. The first kappa shape index (κ1) is 25.2. The van der Waals surface area contributed by atoms with Gasteiger partial charge in [0.25, 0.3) is 5.69 Å². The number of rotatable bonds is 7. The van der Waals surface area contributed by atoms with Crippen molar-refractivity contribution in [2.45, 2.75) is 40.5 Å². The maximum absolute atomic E-state index is 11.4. The molecule has 0 atom stereocenters. The Balaban J connectivity index is 0.000000316. The van der Waals surface area contributed by atoms with Crippen LogP contribution < -0.4 is 10.6 Å². The zero-order valence-corrected chi connectivity index (χ0v) is 17.9. The van der Waals surface area contributed by atoms with Gasteiger partial charge in [0.15, 0.2) is 11.6 Å². The van der Waals surface area contributed by atoms with Crippen LogP contribution in [-0.4, -0.2) is 28.3 Å². The van der Waals surface area contributed by atoms with Crippen molar-refractivity contribution in [2.75, 3.05) is 10.6 Å². The van der Waals surface area contributed by atoms with Gasteiger partial charge >= 0.3 is 0 Å². The molecule has 0 aliphatic heterocycles. The molecule has 0 radical (unpaired) electrons. The highest BCUT2D eigenvalue weighted by atomic mass is 16.6. The van der Waals surface area contributed by atoms with Crippen molar-refractivity contribution >= 4 is 40.4 Å². The maximum Gasteiger partial charge on any atom is 0.293 e. The number of ketones is 2. The number of carbonyl (C=O) groups is 4. The molecule has 0 saturated heterocycles. The second kappa shape index (κ2) is 12.0. The summed E-state index contributed by atoms with van der Waals surface area (Å²) in [6.45, 7) is 6.21. The lowest BCUT2D eigenvalue weighted by Crippen LogP contribution is -2.09. The summed E-state index contributed by atoms with van der Waals surface area (Å²) in [5.41, 5.74) is 1.48. The average molecular weight is 427 g/mol.